The molecule has 2 aromatic rings. The molecule has 1 N–H and O–H groups in total. The second kappa shape index (κ2) is 6.92. The van der Waals surface area contributed by atoms with E-state index in [1.807, 2.05) is 32.9 Å². The minimum Gasteiger partial charge on any atom is -0.529 e. The Morgan fingerprint density at radius 2 is 1.62 bits per heavy atom. The average molecular weight is 347 g/mol. The maximum atomic E-state index is 12.4. The van der Waals surface area contributed by atoms with E-state index in [1.54, 1.807) is 18.2 Å². The number of carboxylic acid groups (broad SMARTS) is 1. The molecule has 0 radical (unpaired) electrons. The lowest BCUT2D eigenvalue weighted by atomic mass is 10.00. The van der Waals surface area contributed by atoms with Crippen LogP contribution in [-0.2, 0) is 16.8 Å². The number of hydrogen-bond acceptors (Lipinski definition) is 4. The number of para-hydroxylation sites is 1. The number of rotatable bonds is 5. The van der Waals surface area contributed by atoms with Crippen LogP contribution < -0.4 is 9.83 Å². The highest BCUT2D eigenvalue weighted by atomic mass is 32.2. The Labute approximate surface area is 141 Å². The number of benzene rings is 2. The summed E-state index contributed by atoms with van der Waals surface area (Å²) in [5.41, 5.74) is 3.60. The van der Waals surface area contributed by atoms with Gasteiger partial charge in [-0.1, -0.05) is 35.9 Å². The fourth-order valence-corrected chi connectivity index (χ4v) is 3.60. The van der Waals surface area contributed by atoms with Crippen molar-refractivity contribution in [2.45, 2.75) is 27.3 Å². The van der Waals surface area contributed by atoms with Gasteiger partial charge in [0.1, 0.15) is 0 Å². The summed E-state index contributed by atoms with van der Waals surface area (Å²) >= 11 is 0. The van der Waals surface area contributed by atoms with E-state index < -0.39 is 16.3 Å². The molecular formula is C17H19N2O4S-. The minimum absolute atomic E-state index is 0.279. The van der Waals surface area contributed by atoms with Gasteiger partial charge in [0.25, 0.3) is 0 Å². The third-order valence-corrected chi connectivity index (χ3v) is 5.01. The molecule has 0 aliphatic rings. The number of nitrogens with one attached hydrogen (secondary N) is 1. The van der Waals surface area contributed by atoms with Crippen LogP contribution in [0.1, 0.15) is 22.3 Å². The van der Waals surface area contributed by atoms with Gasteiger partial charge in [0.05, 0.1) is 12.2 Å². The summed E-state index contributed by atoms with van der Waals surface area (Å²) in [5.74, 6) is 0. The third-order valence-electron chi connectivity index (χ3n) is 3.66. The number of carbonyl (C=O) groups is 1. The first-order chi connectivity index (χ1) is 11.2. The van der Waals surface area contributed by atoms with Crippen molar-refractivity contribution in [3.05, 3.63) is 64.7 Å². The van der Waals surface area contributed by atoms with Crippen molar-refractivity contribution >= 4 is 22.0 Å². The largest absolute Gasteiger partial charge is 0.529 e. The molecule has 24 heavy (non-hydrogen) atoms. The van der Waals surface area contributed by atoms with Crippen molar-refractivity contribution < 1.29 is 18.3 Å². The van der Waals surface area contributed by atoms with Gasteiger partial charge in [-0.25, -0.2) is 4.31 Å². The molecule has 0 saturated carbocycles. The van der Waals surface area contributed by atoms with Crippen molar-refractivity contribution in [3.63, 3.8) is 0 Å². The van der Waals surface area contributed by atoms with Gasteiger partial charge in [0.15, 0.2) is 6.09 Å². The highest BCUT2D eigenvalue weighted by molar-refractivity contribution is 7.90. The molecule has 0 unspecified atom stereocenters. The third kappa shape index (κ3) is 4.05. The number of amides is 1. The molecular weight excluding hydrogens is 328 g/mol. The molecule has 0 atom stereocenters. The first kappa shape index (κ1) is 17.8. The number of nitrogens with zero attached hydrogens (tertiary/aromatic N) is 1. The predicted molar refractivity (Wildman–Crippen MR) is 90.6 cm³/mol. The van der Waals surface area contributed by atoms with Crippen molar-refractivity contribution in [2.75, 3.05) is 4.72 Å². The number of carbonyl (C=O) groups excluding carboxylic acids is 1. The van der Waals surface area contributed by atoms with E-state index in [1.165, 1.54) is 12.1 Å². The lowest BCUT2D eigenvalue weighted by Crippen LogP contribution is -2.47. The Morgan fingerprint density at radius 1 is 1.08 bits per heavy atom. The number of hydrogen-bond donors (Lipinski definition) is 1. The van der Waals surface area contributed by atoms with Crippen LogP contribution in [0.15, 0.2) is 42.5 Å². The normalized spacial score (nSPS) is 11.1. The molecule has 0 fully saturated rings. The van der Waals surface area contributed by atoms with Gasteiger partial charge in [0.2, 0.25) is 0 Å². The molecule has 0 heterocycles. The van der Waals surface area contributed by atoms with Gasteiger partial charge in [-0.15, -0.1) is 0 Å². The van der Waals surface area contributed by atoms with Gasteiger partial charge >= 0.3 is 10.2 Å². The van der Waals surface area contributed by atoms with E-state index in [2.05, 4.69) is 4.72 Å². The first-order valence-corrected chi connectivity index (χ1v) is 8.78. The van der Waals surface area contributed by atoms with E-state index in [0.717, 1.165) is 16.7 Å². The highest BCUT2D eigenvalue weighted by Gasteiger charge is 2.23. The maximum Gasteiger partial charge on any atom is 0.325 e. The van der Waals surface area contributed by atoms with Crippen molar-refractivity contribution in [3.8, 4) is 0 Å². The van der Waals surface area contributed by atoms with Crippen LogP contribution in [0, 0.1) is 20.8 Å². The quantitative estimate of drug-likeness (QED) is 0.897. The molecule has 0 saturated heterocycles. The number of anilines is 1. The average Bonchev–Trinajstić information content (AvgIpc) is 2.46. The summed E-state index contributed by atoms with van der Waals surface area (Å²) in [5, 5.41) is 11.4. The Morgan fingerprint density at radius 3 is 2.12 bits per heavy atom. The smallest absolute Gasteiger partial charge is 0.325 e. The molecule has 0 bridgehead atoms. The summed E-state index contributed by atoms with van der Waals surface area (Å²) in [6.07, 6.45) is -1.78. The molecule has 0 aromatic heterocycles. The SMILES string of the molecule is Cc1cc(C)c(CN(C(=O)[O-])S(=O)(=O)Nc2ccccc2)c(C)c1. The van der Waals surface area contributed by atoms with Gasteiger partial charge in [-0.3, -0.25) is 4.72 Å². The van der Waals surface area contributed by atoms with E-state index in [-0.39, 0.29) is 12.2 Å². The zero-order valence-electron chi connectivity index (χ0n) is 13.7. The van der Waals surface area contributed by atoms with Crippen LogP contribution in [0.2, 0.25) is 0 Å². The van der Waals surface area contributed by atoms with E-state index in [0.29, 0.717) is 9.87 Å². The Kier molecular flexibility index (Phi) is 5.14. The summed E-state index contributed by atoms with van der Waals surface area (Å²) in [6.45, 7) is 5.26. The summed E-state index contributed by atoms with van der Waals surface area (Å²) in [4.78, 5) is 11.4. The number of aryl methyl sites for hydroxylation is 3. The molecule has 0 spiro atoms. The lowest BCUT2D eigenvalue weighted by Gasteiger charge is -2.26. The molecule has 0 aliphatic heterocycles. The molecule has 128 valence electrons. The zero-order chi connectivity index (χ0) is 17.9. The topological polar surface area (TPSA) is 89.5 Å². The van der Waals surface area contributed by atoms with Crippen LogP contribution in [0.3, 0.4) is 0 Å². The van der Waals surface area contributed by atoms with Crippen molar-refractivity contribution in [1.82, 2.24) is 4.31 Å². The van der Waals surface area contributed by atoms with Gasteiger partial charge < -0.3 is 9.90 Å². The standard InChI is InChI=1S/C17H20N2O4S/c1-12-9-13(2)16(14(3)10-12)11-19(17(20)21)24(22,23)18-15-7-5-4-6-8-15/h4-10,18H,11H2,1-3H3,(H,20,21)/p-1. The molecule has 2 aromatic carbocycles. The summed E-state index contributed by atoms with van der Waals surface area (Å²) < 4.78 is 27.4. The van der Waals surface area contributed by atoms with Crippen molar-refractivity contribution in [2.24, 2.45) is 0 Å². The Balaban J connectivity index is 2.35. The fourth-order valence-electron chi connectivity index (χ4n) is 2.56. The van der Waals surface area contributed by atoms with Crippen molar-refractivity contribution in [1.29, 1.82) is 0 Å². The second-order valence-corrected chi connectivity index (χ2v) is 7.22. The van der Waals surface area contributed by atoms with E-state index in [4.69, 9.17) is 0 Å². The molecule has 2 rings (SSSR count). The zero-order valence-corrected chi connectivity index (χ0v) is 14.6. The van der Waals surface area contributed by atoms with E-state index >= 15 is 0 Å². The minimum atomic E-state index is -4.30. The second-order valence-electron chi connectivity index (χ2n) is 5.62. The Bertz CT molecular complexity index is 825. The molecule has 7 heteroatoms. The fraction of sp³-hybridized carbons (Fsp3) is 0.235. The summed E-state index contributed by atoms with van der Waals surface area (Å²) in [7, 11) is -4.30. The molecule has 1 amide bonds. The molecule has 6 nitrogen and oxygen atoms in total. The van der Waals surface area contributed by atoms with Crippen LogP contribution in [0.25, 0.3) is 0 Å². The Hall–Kier alpha value is -2.54. The lowest BCUT2D eigenvalue weighted by molar-refractivity contribution is -0.259. The van der Waals surface area contributed by atoms with Crippen LogP contribution >= 0.6 is 0 Å². The molecule has 0 aliphatic carbocycles. The van der Waals surface area contributed by atoms with Gasteiger partial charge in [-0.2, -0.15) is 8.42 Å². The van der Waals surface area contributed by atoms with Crippen LogP contribution in [0.4, 0.5) is 10.5 Å². The predicted octanol–water partition coefficient (Wildman–Crippen LogP) is 2.11. The van der Waals surface area contributed by atoms with Crippen LogP contribution in [-0.4, -0.2) is 18.8 Å². The highest BCUT2D eigenvalue weighted by Crippen LogP contribution is 2.20. The summed E-state index contributed by atoms with van der Waals surface area (Å²) in [6, 6.07) is 11.9. The van der Waals surface area contributed by atoms with Gasteiger partial charge in [-0.05, 0) is 49.6 Å². The maximum absolute atomic E-state index is 12.4. The monoisotopic (exact) mass is 347 g/mol. The van der Waals surface area contributed by atoms with E-state index in [9.17, 15) is 18.3 Å². The van der Waals surface area contributed by atoms with Crippen LogP contribution in [0.5, 0.6) is 0 Å². The van der Waals surface area contributed by atoms with Gasteiger partial charge in [0, 0.05) is 0 Å². The first-order valence-electron chi connectivity index (χ1n) is 7.34.